The van der Waals surface area contributed by atoms with E-state index in [1.165, 1.54) is 9.94 Å². The molecular formula is C21H33N5O2S. The molecule has 1 aromatic rings. The van der Waals surface area contributed by atoms with E-state index in [1.54, 1.807) is 11.3 Å². The van der Waals surface area contributed by atoms with Crippen molar-refractivity contribution in [2.24, 2.45) is 10.7 Å². The number of amides is 1. The summed E-state index contributed by atoms with van der Waals surface area (Å²) in [5.74, 6) is 0.356. The van der Waals surface area contributed by atoms with Gasteiger partial charge in [-0.05, 0) is 44.9 Å². The van der Waals surface area contributed by atoms with Crippen molar-refractivity contribution < 1.29 is 9.63 Å². The third-order valence-corrected chi connectivity index (χ3v) is 6.18. The molecule has 2 aliphatic heterocycles. The summed E-state index contributed by atoms with van der Waals surface area (Å²) in [6.45, 7) is 10.5. The van der Waals surface area contributed by atoms with E-state index in [1.807, 2.05) is 19.9 Å². The molecule has 1 fully saturated rings. The van der Waals surface area contributed by atoms with E-state index in [9.17, 15) is 4.79 Å². The first-order valence-corrected chi connectivity index (χ1v) is 11.5. The van der Waals surface area contributed by atoms with Gasteiger partial charge in [0.05, 0.1) is 17.2 Å². The number of hydrogen-bond acceptors (Lipinski definition) is 7. The predicted molar refractivity (Wildman–Crippen MR) is 119 cm³/mol. The fourth-order valence-electron chi connectivity index (χ4n) is 3.65. The van der Waals surface area contributed by atoms with Gasteiger partial charge in [0.15, 0.2) is 0 Å². The van der Waals surface area contributed by atoms with Gasteiger partial charge in [-0.25, -0.2) is 10.1 Å². The van der Waals surface area contributed by atoms with Crippen molar-refractivity contribution in [1.29, 1.82) is 0 Å². The quantitative estimate of drug-likeness (QED) is 0.601. The summed E-state index contributed by atoms with van der Waals surface area (Å²) in [5, 5.41) is 4.84. The van der Waals surface area contributed by atoms with Crippen LogP contribution in [-0.4, -0.2) is 67.6 Å². The Morgan fingerprint density at radius 3 is 2.90 bits per heavy atom. The highest BCUT2D eigenvalue weighted by molar-refractivity contribution is 7.13. The van der Waals surface area contributed by atoms with Gasteiger partial charge in [0, 0.05) is 49.6 Å². The molecule has 3 N–H and O–H groups in total. The van der Waals surface area contributed by atoms with Gasteiger partial charge in [-0.1, -0.05) is 6.92 Å². The second kappa shape index (κ2) is 10.9. The zero-order valence-electron chi connectivity index (χ0n) is 17.6. The van der Waals surface area contributed by atoms with E-state index in [0.717, 1.165) is 62.6 Å². The molecule has 0 spiro atoms. The van der Waals surface area contributed by atoms with Gasteiger partial charge in [-0.15, -0.1) is 11.3 Å². The minimum absolute atomic E-state index is 0.117. The molecule has 0 aliphatic carbocycles. The molecule has 0 atom stereocenters. The third kappa shape index (κ3) is 6.12. The molecule has 3 rings (SSSR count). The molecule has 0 aromatic carbocycles. The summed E-state index contributed by atoms with van der Waals surface area (Å²) >= 11 is 1.72. The maximum Gasteiger partial charge on any atom is 0.273 e. The van der Waals surface area contributed by atoms with Gasteiger partial charge < -0.3 is 16.0 Å². The number of carbonyl (C=O) groups is 1. The van der Waals surface area contributed by atoms with Crippen molar-refractivity contribution in [3.05, 3.63) is 21.4 Å². The first-order valence-electron chi connectivity index (χ1n) is 10.6. The molecular weight excluding hydrogens is 386 g/mol. The second-order valence-electron chi connectivity index (χ2n) is 7.43. The van der Waals surface area contributed by atoms with Crippen LogP contribution in [0.5, 0.6) is 0 Å². The molecule has 1 amide bonds. The van der Waals surface area contributed by atoms with E-state index in [0.29, 0.717) is 31.0 Å². The van der Waals surface area contributed by atoms with E-state index in [2.05, 4.69) is 21.3 Å². The van der Waals surface area contributed by atoms with Gasteiger partial charge in [0.2, 0.25) is 0 Å². The van der Waals surface area contributed by atoms with Gasteiger partial charge >= 0.3 is 0 Å². The Labute approximate surface area is 177 Å². The van der Waals surface area contributed by atoms with Crippen molar-refractivity contribution >= 4 is 34.8 Å². The average Bonchev–Trinajstić information content (AvgIpc) is 3.00. The number of amidine groups is 1. The number of nitrogens with one attached hydrogen (secondary N) is 1. The normalized spacial score (nSPS) is 17.3. The number of hydrogen-bond donors (Lipinski definition) is 2. The molecule has 0 saturated carbocycles. The topological polar surface area (TPSA) is 83.2 Å². The molecule has 0 radical (unpaired) electrons. The summed E-state index contributed by atoms with van der Waals surface area (Å²) in [5.41, 5.74) is 7.64. The Kier molecular flexibility index (Phi) is 8.23. The van der Waals surface area contributed by atoms with Crippen molar-refractivity contribution in [1.82, 2.24) is 15.3 Å². The number of thiophene rings is 1. The van der Waals surface area contributed by atoms with Crippen LogP contribution in [0.2, 0.25) is 0 Å². The summed E-state index contributed by atoms with van der Waals surface area (Å²) in [6.07, 6.45) is 5.29. The summed E-state index contributed by atoms with van der Waals surface area (Å²) < 4.78 is 0. The first-order chi connectivity index (χ1) is 14.1. The van der Waals surface area contributed by atoms with Crippen LogP contribution in [-0.2, 0) is 16.1 Å². The lowest BCUT2D eigenvalue weighted by Gasteiger charge is -2.26. The molecule has 1 saturated heterocycles. The number of hydroxylamine groups is 2. The lowest BCUT2D eigenvalue weighted by molar-refractivity contribution is -0.180. The first kappa shape index (κ1) is 22.0. The van der Waals surface area contributed by atoms with Crippen LogP contribution in [0.4, 0.5) is 5.69 Å². The monoisotopic (exact) mass is 419 g/mol. The number of carbonyl (C=O) groups excluding carboxylic acids is 1. The highest BCUT2D eigenvalue weighted by atomic mass is 32.1. The largest absolute Gasteiger partial charge is 0.387 e. The van der Waals surface area contributed by atoms with Crippen molar-refractivity contribution in [2.45, 2.75) is 39.5 Å². The highest BCUT2D eigenvalue weighted by Gasteiger charge is 2.23. The second-order valence-corrected chi connectivity index (χ2v) is 8.60. The minimum atomic E-state index is -0.117. The van der Waals surface area contributed by atoms with Crippen LogP contribution in [0.1, 0.15) is 42.9 Å². The molecule has 2 aliphatic rings. The molecule has 160 valence electrons. The Morgan fingerprint density at radius 1 is 1.38 bits per heavy atom. The van der Waals surface area contributed by atoms with Gasteiger partial charge in [-0.3, -0.25) is 9.63 Å². The molecule has 8 heteroatoms. The number of piperazine rings is 1. The summed E-state index contributed by atoms with van der Waals surface area (Å²) in [4.78, 5) is 27.9. The fourth-order valence-corrected chi connectivity index (χ4v) is 4.76. The molecule has 0 bridgehead atoms. The Morgan fingerprint density at radius 2 is 2.17 bits per heavy atom. The number of aliphatic imine (C=N–C) groups is 1. The molecule has 1 aromatic heterocycles. The minimum Gasteiger partial charge on any atom is -0.387 e. The van der Waals surface area contributed by atoms with Crippen molar-refractivity contribution in [2.75, 3.05) is 45.9 Å². The Bertz CT molecular complexity index is 746. The zero-order chi connectivity index (χ0) is 20.6. The maximum atomic E-state index is 13.0. The van der Waals surface area contributed by atoms with Crippen LogP contribution in [0.15, 0.2) is 16.6 Å². The Balaban J connectivity index is 1.68. The Hall–Kier alpha value is -1.74. The number of aryl methyl sites for hydroxylation is 1. The summed E-state index contributed by atoms with van der Waals surface area (Å²) in [6, 6.07) is 2.13. The maximum absolute atomic E-state index is 13.0. The van der Waals surface area contributed by atoms with Crippen molar-refractivity contribution in [3.63, 3.8) is 0 Å². The number of fused-ring (bicyclic) bond motifs is 1. The average molecular weight is 420 g/mol. The SMILES string of the molecule is CCCN(OCC)C(=O)C1=Cc2sc(CCCN3CCNCC3)cc2N=C(N)C1. The van der Waals surface area contributed by atoms with E-state index < -0.39 is 0 Å². The lowest BCUT2D eigenvalue weighted by atomic mass is 10.1. The predicted octanol–water partition coefficient (Wildman–Crippen LogP) is 2.55. The number of nitrogens with zero attached hydrogens (tertiary/aromatic N) is 3. The van der Waals surface area contributed by atoms with Gasteiger partial charge in [0.1, 0.15) is 5.84 Å². The van der Waals surface area contributed by atoms with E-state index in [-0.39, 0.29) is 5.91 Å². The van der Waals surface area contributed by atoms with Crippen LogP contribution >= 0.6 is 11.3 Å². The molecule has 0 unspecified atom stereocenters. The smallest absolute Gasteiger partial charge is 0.273 e. The van der Waals surface area contributed by atoms with Crippen LogP contribution in [0, 0.1) is 0 Å². The fraction of sp³-hybridized carbons (Fsp3) is 0.619. The lowest BCUT2D eigenvalue weighted by Crippen LogP contribution is -2.43. The standard InChI is InChI=1S/C21H33N5O2S/c1-3-9-26(28-4-2)21(27)16-13-19-18(24-20(22)14-16)15-17(29-19)6-5-10-25-11-7-23-8-12-25/h13,15,23H,3-12,14H2,1-2H3,(H2,22,24). The number of rotatable bonds is 9. The van der Waals surface area contributed by atoms with Gasteiger partial charge in [0.25, 0.3) is 5.91 Å². The highest BCUT2D eigenvalue weighted by Crippen LogP contribution is 2.35. The molecule has 3 heterocycles. The zero-order valence-corrected chi connectivity index (χ0v) is 18.4. The van der Waals surface area contributed by atoms with Crippen LogP contribution < -0.4 is 11.1 Å². The van der Waals surface area contributed by atoms with E-state index in [4.69, 9.17) is 10.6 Å². The van der Waals surface area contributed by atoms with Crippen molar-refractivity contribution in [3.8, 4) is 0 Å². The van der Waals surface area contributed by atoms with Crippen LogP contribution in [0.3, 0.4) is 0 Å². The number of nitrogens with two attached hydrogens (primary N) is 1. The van der Waals surface area contributed by atoms with Crippen LogP contribution in [0.25, 0.3) is 6.08 Å². The third-order valence-electron chi connectivity index (χ3n) is 5.05. The summed E-state index contributed by atoms with van der Waals surface area (Å²) in [7, 11) is 0. The molecule has 29 heavy (non-hydrogen) atoms. The van der Waals surface area contributed by atoms with Gasteiger partial charge in [-0.2, -0.15) is 0 Å². The molecule has 7 nitrogen and oxygen atoms in total. The van der Waals surface area contributed by atoms with E-state index >= 15 is 0 Å².